The third kappa shape index (κ3) is 3.13. The highest BCUT2D eigenvalue weighted by molar-refractivity contribution is 7.92. The van der Waals surface area contributed by atoms with E-state index in [0.717, 1.165) is 0 Å². The fourth-order valence-electron chi connectivity index (χ4n) is 4.48. The van der Waals surface area contributed by atoms with Crippen molar-refractivity contribution in [1.29, 1.82) is 0 Å². The van der Waals surface area contributed by atoms with E-state index in [1.165, 1.54) is 11.4 Å². The van der Waals surface area contributed by atoms with E-state index in [4.69, 9.17) is 4.74 Å². The lowest BCUT2D eigenvalue weighted by Gasteiger charge is -2.37. The molecule has 2 aromatic rings. The third-order valence-electron chi connectivity index (χ3n) is 5.76. The Balaban J connectivity index is 1.65. The number of hydrogen-bond donors (Lipinski definition) is 0. The zero-order valence-corrected chi connectivity index (χ0v) is 17.2. The fourth-order valence-corrected chi connectivity index (χ4v) is 8.40. The molecule has 2 aliphatic heterocycles. The summed E-state index contributed by atoms with van der Waals surface area (Å²) in [6.07, 6.45) is 2.00. The molecule has 0 N–H and O–H groups in total. The molecule has 6 nitrogen and oxygen atoms in total. The number of benzene rings is 2. The Hall–Kier alpha value is -1.90. The highest BCUT2D eigenvalue weighted by Gasteiger charge is 2.50. The largest absolute Gasteiger partial charge is 0.495 e. The second-order valence-electron chi connectivity index (χ2n) is 7.32. The molecule has 2 atom stereocenters. The van der Waals surface area contributed by atoms with Gasteiger partial charge in [-0.25, -0.2) is 16.8 Å². The van der Waals surface area contributed by atoms with Crippen LogP contribution in [0.2, 0.25) is 0 Å². The summed E-state index contributed by atoms with van der Waals surface area (Å²) in [7, 11) is -5.80. The summed E-state index contributed by atoms with van der Waals surface area (Å²) in [5.41, 5.74) is 0. The van der Waals surface area contributed by atoms with Crippen LogP contribution in [-0.4, -0.2) is 45.6 Å². The summed E-state index contributed by atoms with van der Waals surface area (Å²) in [5.74, 6) is 0.306. The number of methoxy groups -OCH3 is 1. The van der Waals surface area contributed by atoms with Crippen LogP contribution in [0, 0.1) is 0 Å². The predicted molar refractivity (Wildman–Crippen MR) is 105 cm³/mol. The Labute approximate surface area is 166 Å². The minimum atomic E-state index is -3.76. The second-order valence-corrected chi connectivity index (χ2v) is 11.4. The lowest BCUT2D eigenvalue weighted by Crippen LogP contribution is -2.49. The zero-order chi connectivity index (χ0) is 19.9. The Kier molecular flexibility index (Phi) is 4.97. The van der Waals surface area contributed by atoms with Crippen molar-refractivity contribution in [2.45, 2.75) is 52.8 Å². The lowest BCUT2D eigenvalue weighted by molar-refractivity contribution is 0.248. The lowest BCUT2D eigenvalue weighted by atomic mass is 10.1. The van der Waals surface area contributed by atoms with E-state index in [0.29, 0.717) is 36.3 Å². The van der Waals surface area contributed by atoms with Gasteiger partial charge in [-0.1, -0.05) is 30.3 Å². The molecule has 0 radical (unpaired) electrons. The van der Waals surface area contributed by atoms with Crippen LogP contribution in [0.3, 0.4) is 0 Å². The third-order valence-corrected chi connectivity index (χ3v) is 9.99. The molecule has 2 unspecified atom stereocenters. The number of sulfone groups is 1. The molecule has 28 heavy (non-hydrogen) atoms. The minimum absolute atomic E-state index is 0.138. The average molecular weight is 422 g/mol. The van der Waals surface area contributed by atoms with Crippen molar-refractivity contribution >= 4 is 19.9 Å². The average Bonchev–Trinajstić information content (AvgIpc) is 2.99. The molecule has 2 aliphatic rings. The van der Waals surface area contributed by atoms with Crippen molar-refractivity contribution < 1.29 is 21.6 Å². The van der Waals surface area contributed by atoms with Crippen LogP contribution in [0.25, 0.3) is 0 Å². The van der Waals surface area contributed by atoms with Crippen LogP contribution in [0.15, 0.2) is 64.4 Å². The van der Waals surface area contributed by atoms with Gasteiger partial charge in [-0.05, 0) is 49.9 Å². The zero-order valence-electron chi connectivity index (χ0n) is 15.6. The number of piperidine rings is 1. The maximum atomic E-state index is 13.4. The normalized spacial score (nSPS) is 25.5. The second kappa shape index (κ2) is 7.17. The van der Waals surface area contributed by atoms with Gasteiger partial charge in [0, 0.05) is 12.1 Å². The van der Waals surface area contributed by atoms with Crippen molar-refractivity contribution in [2.75, 3.05) is 7.11 Å². The molecule has 0 aromatic heterocycles. The molecule has 0 aliphatic carbocycles. The predicted octanol–water partition coefficient (Wildman–Crippen LogP) is 2.85. The standard InChI is InChI=1S/C20H23NO5S2/c1-26-19-9-5-6-10-20(19)28(24,25)21-15-11-12-16(21)14-18(13-15)27(22,23)17-7-3-2-4-8-17/h2-10,15-16,18H,11-14H2,1H3. The van der Waals surface area contributed by atoms with E-state index < -0.39 is 25.1 Å². The van der Waals surface area contributed by atoms with Gasteiger partial charge in [0.05, 0.1) is 17.3 Å². The molecule has 150 valence electrons. The first-order valence-electron chi connectivity index (χ1n) is 9.31. The summed E-state index contributed by atoms with van der Waals surface area (Å²) in [6.45, 7) is 0. The molecule has 0 saturated carbocycles. The number of para-hydroxylation sites is 1. The Morgan fingerprint density at radius 1 is 0.857 bits per heavy atom. The van der Waals surface area contributed by atoms with Crippen molar-refractivity contribution in [2.24, 2.45) is 0 Å². The number of hydrogen-bond acceptors (Lipinski definition) is 5. The van der Waals surface area contributed by atoms with Crippen molar-refractivity contribution in [1.82, 2.24) is 4.31 Å². The molecular formula is C20H23NO5S2. The van der Waals surface area contributed by atoms with Crippen LogP contribution >= 0.6 is 0 Å². The van der Waals surface area contributed by atoms with Gasteiger partial charge in [-0.3, -0.25) is 0 Å². The molecule has 2 aromatic carbocycles. The maximum Gasteiger partial charge on any atom is 0.247 e. The summed E-state index contributed by atoms with van der Waals surface area (Å²) in [6, 6.07) is 14.4. The van der Waals surface area contributed by atoms with Gasteiger partial charge in [0.25, 0.3) is 0 Å². The number of fused-ring (bicyclic) bond motifs is 2. The smallest absolute Gasteiger partial charge is 0.247 e. The molecule has 4 rings (SSSR count). The molecule has 0 amide bonds. The fraction of sp³-hybridized carbons (Fsp3) is 0.400. The molecular weight excluding hydrogens is 398 g/mol. The molecule has 2 saturated heterocycles. The highest BCUT2D eigenvalue weighted by atomic mass is 32.2. The topological polar surface area (TPSA) is 80.8 Å². The number of nitrogens with zero attached hydrogens (tertiary/aromatic N) is 1. The van der Waals surface area contributed by atoms with E-state index in [1.54, 1.807) is 54.6 Å². The van der Waals surface area contributed by atoms with Crippen molar-refractivity contribution in [3.05, 3.63) is 54.6 Å². The molecule has 2 heterocycles. The van der Waals surface area contributed by atoms with E-state index >= 15 is 0 Å². The van der Waals surface area contributed by atoms with Gasteiger partial charge in [-0.2, -0.15) is 4.31 Å². The number of ether oxygens (including phenoxy) is 1. The van der Waals surface area contributed by atoms with Crippen LogP contribution in [-0.2, 0) is 19.9 Å². The first kappa shape index (κ1) is 19.4. The Morgan fingerprint density at radius 3 is 2.04 bits per heavy atom. The van der Waals surface area contributed by atoms with E-state index in [1.807, 2.05) is 0 Å². The van der Waals surface area contributed by atoms with Crippen LogP contribution in [0.5, 0.6) is 5.75 Å². The molecule has 2 bridgehead atoms. The quantitative estimate of drug-likeness (QED) is 0.742. The van der Waals surface area contributed by atoms with Gasteiger partial charge in [0.1, 0.15) is 10.6 Å². The first-order valence-corrected chi connectivity index (χ1v) is 12.3. The number of rotatable bonds is 5. The van der Waals surface area contributed by atoms with E-state index in [2.05, 4.69) is 0 Å². The van der Waals surface area contributed by atoms with Gasteiger partial charge in [0.15, 0.2) is 9.84 Å². The Morgan fingerprint density at radius 2 is 1.43 bits per heavy atom. The van der Waals surface area contributed by atoms with E-state index in [9.17, 15) is 16.8 Å². The SMILES string of the molecule is COc1ccccc1S(=O)(=O)N1C2CCC1CC(S(=O)(=O)c1ccccc1)C2. The number of sulfonamides is 1. The monoisotopic (exact) mass is 421 g/mol. The highest BCUT2D eigenvalue weighted by Crippen LogP contribution is 2.43. The van der Waals surface area contributed by atoms with Gasteiger partial charge in [0.2, 0.25) is 10.0 Å². The summed E-state index contributed by atoms with van der Waals surface area (Å²) in [5, 5.41) is -0.559. The van der Waals surface area contributed by atoms with Crippen LogP contribution in [0.4, 0.5) is 0 Å². The Bertz CT molecular complexity index is 1050. The van der Waals surface area contributed by atoms with Gasteiger partial charge >= 0.3 is 0 Å². The van der Waals surface area contributed by atoms with Gasteiger partial charge < -0.3 is 4.74 Å². The molecule has 8 heteroatoms. The summed E-state index contributed by atoms with van der Waals surface area (Å²) >= 11 is 0. The molecule has 0 spiro atoms. The van der Waals surface area contributed by atoms with Crippen LogP contribution in [0.1, 0.15) is 25.7 Å². The van der Waals surface area contributed by atoms with Gasteiger partial charge in [-0.15, -0.1) is 0 Å². The van der Waals surface area contributed by atoms with E-state index in [-0.39, 0.29) is 17.0 Å². The van der Waals surface area contributed by atoms with Crippen molar-refractivity contribution in [3.8, 4) is 5.75 Å². The minimum Gasteiger partial charge on any atom is -0.495 e. The van der Waals surface area contributed by atoms with Crippen LogP contribution < -0.4 is 4.74 Å². The van der Waals surface area contributed by atoms with Crippen molar-refractivity contribution in [3.63, 3.8) is 0 Å². The molecule has 2 fully saturated rings. The maximum absolute atomic E-state index is 13.4. The summed E-state index contributed by atoms with van der Waals surface area (Å²) in [4.78, 5) is 0.444. The summed E-state index contributed by atoms with van der Waals surface area (Å²) < 4.78 is 59.6. The first-order chi connectivity index (χ1) is 13.4.